The van der Waals surface area contributed by atoms with Gasteiger partial charge in [0.05, 0.1) is 19.8 Å². The summed E-state index contributed by atoms with van der Waals surface area (Å²) < 4.78 is 5.51. The van der Waals surface area contributed by atoms with Crippen molar-refractivity contribution in [2.75, 3.05) is 57.4 Å². The predicted octanol–water partition coefficient (Wildman–Crippen LogP) is 2.96. The molecule has 0 saturated carbocycles. The molecule has 0 bridgehead atoms. The van der Waals surface area contributed by atoms with E-state index in [1.807, 2.05) is 6.20 Å². The lowest BCUT2D eigenvalue weighted by Crippen LogP contribution is -2.52. The molecule has 1 aliphatic heterocycles. The molecule has 0 spiro atoms. The number of anilines is 1. The molecular formula is C22H41IN6O. The minimum atomic E-state index is 0. The van der Waals surface area contributed by atoms with Crippen molar-refractivity contribution in [1.29, 1.82) is 0 Å². The number of aliphatic imine (C=N–C) groups is 1. The lowest BCUT2D eigenvalue weighted by molar-refractivity contribution is 0.00752. The van der Waals surface area contributed by atoms with Crippen LogP contribution in [-0.2, 0) is 11.3 Å². The normalized spacial score (nSPS) is 16.1. The number of pyridine rings is 1. The van der Waals surface area contributed by atoms with Crippen molar-refractivity contribution < 1.29 is 4.74 Å². The number of nitrogens with one attached hydrogen (secondary N) is 2. The second-order valence-electron chi connectivity index (χ2n) is 7.73. The maximum Gasteiger partial charge on any atom is 0.191 e. The van der Waals surface area contributed by atoms with Gasteiger partial charge in [0.1, 0.15) is 5.82 Å². The van der Waals surface area contributed by atoms with Gasteiger partial charge in [0.15, 0.2) is 5.96 Å². The standard InChI is InChI=1S/C22H40N6O.HI/c1-6-23-22(26-17-20(18(4)5)28-11-13-29-14-12-28)25-16-19-9-10-21(24-15-19)27(7-2)8-3;/h9-10,15,18,20H,6-8,11-14,16-17H2,1-5H3,(H2,23,25,26);1H. The maximum atomic E-state index is 5.51. The predicted molar refractivity (Wildman–Crippen MR) is 137 cm³/mol. The van der Waals surface area contributed by atoms with Crippen molar-refractivity contribution in [3.63, 3.8) is 0 Å². The van der Waals surface area contributed by atoms with Crippen LogP contribution in [0.5, 0.6) is 0 Å². The van der Waals surface area contributed by atoms with Crippen LogP contribution in [0.3, 0.4) is 0 Å². The summed E-state index contributed by atoms with van der Waals surface area (Å²) in [7, 11) is 0. The molecule has 1 saturated heterocycles. The summed E-state index contributed by atoms with van der Waals surface area (Å²) in [5.41, 5.74) is 1.12. The van der Waals surface area contributed by atoms with E-state index in [0.29, 0.717) is 18.5 Å². The molecule has 1 aromatic rings. The van der Waals surface area contributed by atoms with Crippen molar-refractivity contribution in [3.05, 3.63) is 23.9 Å². The molecule has 1 unspecified atom stereocenters. The molecule has 1 atom stereocenters. The van der Waals surface area contributed by atoms with E-state index in [9.17, 15) is 0 Å². The van der Waals surface area contributed by atoms with Crippen LogP contribution in [0, 0.1) is 5.92 Å². The van der Waals surface area contributed by atoms with Gasteiger partial charge in [0.2, 0.25) is 0 Å². The fourth-order valence-corrected chi connectivity index (χ4v) is 3.65. The van der Waals surface area contributed by atoms with E-state index in [1.54, 1.807) is 0 Å². The molecule has 2 rings (SSSR count). The first-order valence-corrected chi connectivity index (χ1v) is 11.1. The largest absolute Gasteiger partial charge is 0.379 e. The van der Waals surface area contributed by atoms with E-state index in [4.69, 9.17) is 9.73 Å². The fourth-order valence-electron chi connectivity index (χ4n) is 3.65. The molecule has 1 fully saturated rings. The smallest absolute Gasteiger partial charge is 0.191 e. The highest BCUT2D eigenvalue weighted by molar-refractivity contribution is 14.0. The van der Waals surface area contributed by atoms with E-state index in [2.05, 4.69) is 72.2 Å². The minimum Gasteiger partial charge on any atom is -0.379 e. The topological polar surface area (TPSA) is 65.0 Å². The Morgan fingerprint density at radius 2 is 1.87 bits per heavy atom. The third-order valence-corrected chi connectivity index (χ3v) is 5.42. The molecule has 30 heavy (non-hydrogen) atoms. The van der Waals surface area contributed by atoms with Crippen molar-refractivity contribution >= 4 is 35.8 Å². The molecule has 1 aliphatic rings. The first-order chi connectivity index (χ1) is 14.1. The first-order valence-electron chi connectivity index (χ1n) is 11.1. The summed E-state index contributed by atoms with van der Waals surface area (Å²) >= 11 is 0. The van der Waals surface area contributed by atoms with Crippen molar-refractivity contribution in [2.24, 2.45) is 10.9 Å². The highest BCUT2D eigenvalue weighted by Gasteiger charge is 2.23. The third kappa shape index (κ3) is 8.55. The summed E-state index contributed by atoms with van der Waals surface area (Å²) in [6.07, 6.45) is 1.94. The molecular weight excluding hydrogens is 491 g/mol. The van der Waals surface area contributed by atoms with Crippen LogP contribution in [-0.4, -0.2) is 74.4 Å². The minimum absolute atomic E-state index is 0. The van der Waals surface area contributed by atoms with Gasteiger partial charge in [0.25, 0.3) is 0 Å². The van der Waals surface area contributed by atoms with Crippen LogP contribution in [0.4, 0.5) is 5.82 Å². The summed E-state index contributed by atoms with van der Waals surface area (Å²) in [6.45, 7) is 18.9. The zero-order chi connectivity index (χ0) is 21.1. The summed E-state index contributed by atoms with van der Waals surface area (Å²) in [4.78, 5) is 14.1. The SMILES string of the molecule is CCNC(=NCc1ccc(N(CC)CC)nc1)NCC(C(C)C)N1CCOCC1.I. The van der Waals surface area contributed by atoms with Gasteiger partial charge in [-0.25, -0.2) is 9.98 Å². The first kappa shape index (κ1) is 26.9. The highest BCUT2D eigenvalue weighted by Crippen LogP contribution is 2.13. The lowest BCUT2D eigenvalue weighted by atomic mass is 10.0. The van der Waals surface area contributed by atoms with Crippen molar-refractivity contribution in [1.82, 2.24) is 20.5 Å². The third-order valence-electron chi connectivity index (χ3n) is 5.42. The molecule has 0 aromatic carbocycles. The van der Waals surface area contributed by atoms with E-state index in [-0.39, 0.29) is 24.0 Å². The quantitative estimate of drug-likeness (QED) is 0.275. The molecule has 7 nitrogen and oxygen atoms in total. The van der Waals surface area contributed by atoms with Crippen LogP contribution >= 0.6 is 24.0 Å². The zero-order valence-corrected chi connectivity index (χ0v) is 21.7. The van der Waals surface area contributed by atoms with Gasteiger partial charge in [-0.05, 0) is 38.3 Å². The van der Waals surface area contributed by atoms with Crippen LogP contribution in [0.25, 0.3) is 0 Å². The number of hydrogen-bond acceptors (Lipinski definition) is 5. The number of morpholine rings is 1. The molecule has 0 radical (unpaired) electrons. The Bertz CT molecular complexity index is 600. The number of guanidine groups is 1. The summed E-state index contributed by atoms with van der Waals surface area (Å²) in [6, 6.07) is 4.68. The van der Waals surface area contributed by atoms with E-state index < -0.39 is 0 Å². The van der Waals surface area contributed by atoms with Crippen molar-refractivity contribution in [3.8, 4) is 0 Å². The molecule has 8 heteroatoms. The highest BCUT2D eigenvalue weighted by atomic mass is 127. The van der Waals surface area contributed by atoms with E-state index >= 15 is 0 Å². The Morgan fingerprint density at radius 3 is 2.40 bits per heavy atom. The van der Waals surface area contributed by atoms with Gasteiger partial charge in [-0.15, -0.1) is 24.0 Å². The fraction of sp³-hybridized carbons (Fsp3) is 0.727. The number of nitrogens with zero attached hydrogens (tertiary/aromatic N) is 4. The van der Waals surface area contributed by atoms with Crippen LogP contribution in [0.2, 0.25) is 0 Å². The van der Waals surface area contributed by atoms with Crippen LogP contribution in [0.1, 0.15) is 40.2 Å². The molecule has 1 aromatic heterocycles. The number of halogens is 1. The molecule has 2 heterocycles. The number of hydrogen-bond donors (Lipinski definition) is 2. The number of rotatable bonds is 10. The lowest BCUT2D eigenvalue weighted by Gasteiger charge is -2.37. The van der Waals surface area contributed by atoms with Gasteiger partial charge in [-0.2, -0.15) is 0 Å². The molecule has 172 valence electrons. The second-order valence-corrected chi connectivity index (χ2v) is 7.73. The zero-order valence-electron chi connectivity index (χ0n) is 19.4. The van der Waals surface area contributed by atoms with Crippen molar-refractivity contribution in [2.45, 2.75) is 47.2 Å². The monoisotopic (exact) mass is 532 g/mol. The number of aromatic nitrogens is 1. The average molecular weight is 533 g/mol. The summed E-state index contributed by atoms with van der Waals surface area (Å²) in [5.74, 6) is 2.46. The molecule has 2 N–H and O–H groups in total. The van der Waals surface area contributed by atoms with Gasteiger partial charge in [-0.3, -0.25) is 4.90 Å². The average Bonchev–Trinajstić information content (AvgIpc) is 2.74. The Balaban J connectivity index is 0.00000450. The van der Waals surface area contributed by atoms with Gasteiger partial charge < -0.3 is 20.3 Å². The second kappa shape index (κ2) is 14.8. The van der Waals surface area contributed by atoms with Gasteiger partial charge in [-0.1, -0.05) is 19.9 Å². The Labute approximate surface area is 200 Å². The van der Waals surface area contributed by atoms with Gasteiger partial charge in [0, 0.05) is 51.5 Å². The van der Waals surface area contributed by atoms with E-state index in [0.717, 1.165) is 69.8 Å². The summed E-state index contributed by atoms with van der Waals surface area (Å²) in [5, 5.41) is 6.91. The Hall–Kier alpha value is -1.13. The maximum absolute atomic E-state index is 5.51. The van der Waals surface area contributed by atoms with Gasteiger partial charge >= 0.3 is 0 Å². The Morgan fingerprint density at radius 1 is 1.17 bits per heavy atom. The van der Waals surface area contributed by atoms with Crippen LogP contribution in [0.15, 0.2) is 23.3 Å². The molecule has 0 amide bonds. The molecule has 0 aliphatic carbocycles. The van der Waals surface area contributed by atoms with Crippen LogP contribution < -0.4 is 15.5 Å². The number of ether oxygens (including phenoxy) is 1. The van der Waals surface area contributed by atoms with E-state index in [1.165, 1.54) is 0 Å². The Kier molecular flexibility index (Phi) is 13.3.